The molecular weight excluding hydrogens is 223 g/mol. The molecule has 15 heavy (non-hydrogen) atoms. The zero-order valence-electron chi connectivity index (χ0n) is 7.21. The third-order valence-corrected chi connectivity index (χ3v) is 2.53. The van der Waals surface area contributed by atoms with Crippen LogP contribution in [0.15, 0.2) is 18.2 Å². The maximum atomic E-state index is 10.8. The van der Waals surface area contributed by atoms with E-state index in [4.69, 9.17) is 10.2 Å². The fraction of sp³-hybridized carbons (Fsp3) is 0. The fourth-order valence-electron chi connectivity index (χ4n) is 1.09. The van der Waals surface area contributed by atoms with Gasteiger partial charge in [0.25, 0.3) is 0 Å². The zero-order valence-corrected chi connectivity index (χ0v) is 8.10. The average molecular weight is 228 g/mol. The van der Waals surface area contributed by atoms with Gasteiger partial charge in [-0.3, -0.25) is 0 Å². The van der Waals surface area contributed by atoms with Gasteiger partial charge in [-0.15, -0.1) is 0 Å². The molecule has 0 radical (unpaired) electrons. The highest BCUT2D eigenvalue weighted by atomic mass is 31.1. The summed E-state index contributed by atoms with van der Waals surface area (Å²) in [7, 11) is -3.26. The number of hydrogen-bond donors (Lipinski definition) is 2. The van der Waals surface area contributed by atoms with E-state index in [1.165, 1.54) is 6.07 Å². The van der Waals surface area contributed by atoms with Gasteiger partial charge in [-0.2, -0.15) is 0 Å². The summed E-state index contributed by atoms with van der Waals surface area (Å²) in [5.41, 5.74) is -1.07. The summed E-state index contributed by atoms with van der Waals surface area (Å²) in [6, 6.07) is 3.25. The molecule has 0 bridgehead atoms. The molecule has 0 fully saturated rings. The molecule has 0 saturated heterocycles. The lowest BCUT2D eigenvalue weighted by molar-refractivity contribution is -0.160. The van der Waals surface area contributed by atoms with Gasteiger partial charge in [0, 0.05) is 0 Å². The first kappa shape index (κ1) is 11.3. The highest BCUT2D eigenvalue weighted by Crippen LogP contribution is 2.16. The molecule has 0 spiro atoms. The van der Waals surface area contributed by atoms with Gasteiger partial charge < -0.3 is 15.1 Å². The van der Waals surface area contributed by atoms with Crippen molar-refractivity contribution in [2.45, 2.75) is 0 Å². The first-order valence-electron chi connectivity index (χ1n) is 3.69. The van der Waals surface area contributed by atoms with Gasteiger partial charge in [-0.05, 0) is 12.1 Å². The van der Waals surface area contributed by atoms with Crippen molar-refractivity contribution in [3.8, 4) is 0 Å². The van der Waals surface area contributed by atoms with Crippen LogP contribution in [0.1, 0.15) is 20.7 Å². The van der Waals surface area contributed by atoms with E-state index in [1.807, 2.05) is 0 Å². The molecule has 7 heteroatoms. The van der Waals surface area contributed by atoms with E-state index < -0.39 is 36.4 Å². The molecule has 0 aliphatic rings. The Morgan fingerprint density at radius 1 is 1.13 bits per heavy atom. The van der Waals surface area contributed by atoms with E-state index in [1.54, 1.807) is 0 Å². The van der Waals surface area contributed by atoms with Crippen molar-refractivity contribution < 1.29 is 29.3 Å². The Labute approximate surface area is 84.7 Å². The fourth-order valence-corrected chi connectivity index (χ4v) is 1.82. The minimum absolute atomic E-state index is 0.536. The van der Waals surface area contributed by atoms with E-state index >= 15 is 0 Å². The lowest BCUT2D eigenvalue weighted by atomic mass is 10.1. The smallest absolute Gasteiger partial charge is 0.350 e. The normalized spacial score (nSPS) is 10.9. The van der Waals surface area contributed by atoms with Crippen molar-refractivity contribution in [1.29, 1.82) is 0 Å². The Morgan fingerprint density at radius 2 is 1.53 bits per heavy atom. The van der Waals surface area contributed by atoms with Gasteiger partial charge in [0.15, 0.2) is 0 Å². The Bertz CT molecular complexity index is 420. The first-order valence-corrected chi connectivity index (χ1v) is 4.87. The Morgan fingerprint density at radius 3 is 1.80 bits per heavy atom. The second-order valence-electron chi connectivity index (χ2n) is 2.57. The maximum absolute atomic E-state index is 10.8. The first-order chi connectivity index (χ1) is 6.95. The number of benzene rings is 1. The lowest BCUT2D eigenvalue weighted by Gasteiger charge is -2.00. The second-order valence-corrected chi connectivity index (χ2v) is 3.53. The molecule has 0 aromatic heterocycles. The molecule has 0 heterocycles. The Kier molecular flexibility index (Phi) is 3.14. The number of hydrogen-bond acceptors (Lipinski definition) is 4. The molecule has 1 atom stereocenters. The molecule has 1 aromatic carbocycles. The largest absolute Gasteiger partial charge is 0.591 e. The minimum Gasteiger partial charge on any atom is -0.591 e. The van der Waals surface area contributed by atoms with Crippen LogP contribution in [0, 0.1) is 0 Å². The summed E-state index contributed by atoms with van der Waals surface area (Å²) in [4.78, 5) is 32.0. The van der Waals surface area contributed by atoms with E-state index in [0.29, 0.717) is 0 Å². The zero-order chi connectivity index (χ0) is 11.6. The minimum atomic E-state index is -3.26. The van der Waals surface area contributed by atoms with Crippen LogP contribution in [0.2, 0.25) is 0 Å². The number of aromatic carboxylic acids is 2. The van der Waals surface area contributed by atoms with E-state index in [2.05, 4.69) is 0 Å². The van der Waals surface area contributed by atoms with Crippen LogP contribution in [0.3, 0.4) is 0 Å². The van der Waals surface area contributed by atoms with Gasteiger partial charge in [-0.25, -0.2) is 9.59 Å². The molecule has 1 unspecified atom stereocenters. The highest BCUT2D eigenvalue weighted by Gasteiger charge is 2.27. The molecule has 1 aromatic rings. The topological polar surface area (TPSA) is 115 Å². The van der Waals surface area contributed by atoms with Gasteiger partial charge >= 0.3 is 20.0 Å². The van der Waals surface area contributed by atoms with Gasteiger partial charge in [0.05, 0.1) is 0 Å². The van der Waals surface area contributed by atoms with E-state index in [9.17, 15) is 19.0 Å². The molecule has 0 amide bonds. The van der Waals surface area contributed by atoms with Crippen molar-refractivity contribution >= 4 is 25.3 Å². The monoisotopic (exact) mass is 228 g/mol. The molecule has 0 saturated carbocycles. The molecule has 2 N–H and O–H groups in total. The van der Waals surface area contributed by atoms with Crippen LogP contribution < -0.4 is 10.2 Å². The third kappa shape index (κ3) is 2.18. The summed E-state index contributed by atoms with van der Waals surface area (Å²) in [5, 5.41) is 16.6. The maximum Gasteiger partial charge on any atom is 0.350 e. The van der Waals surface area contributed by atoms with Crippen molar-refractivity contribution in [2.75, 3.05) is 0 Å². The predicted molar refractivity (Wildman–Crippen MR) is 47.6 cm³/mol. The number of carboxylic acid groups (broad SMARTS) is 2. The number of carboxylic acids is 2. The van der Waals surface area contributed by atoms with Gasteiger partial charge in [-0.1, -0.05) is 10.6 Å². The summed E-state index contributed by atoms with van der Waals surface area (Å²) < 4.78 is 10.8. The van der Waals surface area contributed by atoms with Crippen LogP contribution in [0.4, 0.5) is 0 Å². The average Bonchev–Trinajstić information content (AvgIpc) is 2.16. The quantitative estimate of drug-likeness (QED) is 0.693. The number of carbonyl (C=O) groups is 2. The standard InChI is InChI=1S/C8H5O6P/c9-7(10)4-2-1-3-5(8(11)12)6(4)15(13)14/h1-3H,(H,9,10)(H,11,12). The summed E-state index contributed by atoms with van der Waals surface area (Å²) in [5.74, 6) is -2.96. The summed E-state index contributed by atoms with van der Waals surface area (Å²) in [6.07, 6.45) is 0. The second kappa shape index (κ2) is 4.16. The highest BCUT2D eigenvalue weighted by molar-refractivity contribution is 7.46. The van der Waals surface area contributed by atoms with Crippen molar-refractivity contribution in [3.05, 3.63) is 29.3 Å². The van der Waals surface area contributed by atoms with Crippen LogP contribution in [0.5, 0.6) is 0 Å². The summed E-state index contributed by atoms with van der Waals surface area (Å²) >= 11 is 0. The SMILES string of the molecule is O=C(O)c1cccc(C(=O)O)c1[P+](=O)[O-]. The molecule has 0 aliphatic heterocycles. The van der Waals surface area contributed by atoms with Crippen molar-refractivity contribution in [3.63, 3.8) is 0 Å². The molecule has 1 rings (SSSR count). The summed E-state index contributed by atoms with van der Waals surface area (Å²) in [6.45, 7) is 0. The van der Waals surface area contributed by atoms with E-state index in [0.717, 1.165) is 12.1 Å². The molecule has 78 valence electrons. The van der Waals surface area contributed by atoms with Gasteiger partial charge in [0.1, 0.15) is 11.1 Å². The Balaban J connectivity index is 3.56. The van der Waals surface area contributed by atoms with Gasteiger partial charge in [0.2, 0.25) is 5.30 Å². The van der Waals surface area contributed by atoms with Crippen molar-refractivity contribution in [1.82, 2.24) is 0 Å². The molecular formula is C8H5O6P. The predicted octanol–water partition coefficient (Wildman–Crippen LogP) is -0.189. The molecule has 6 nitrogen and oxygen atoms in total. The molecule has 0 aliphatic carbocycles. The lowest BCUT2D eigenvalue weighted by Crippen LogP contribution is -2.22. The third-order valence-electron chi connectivity index (χ3n) is 1.68. The van der Waals surface area contributed by atoms with Crippen LogP contribution in [0.25, 0.3) is 0 Å². The van der Waals surface area contributed by atoms with Crippen LogP contribution >= 0.6 is 8.03 Å². The Hall–Kier alpha value is -1.78. The van der Waals surface area contributed by atoms with Crippen LogP contribution in [-0.4, -0.2) is 22.2 Å². The van der Waals surface area contributed by atoms with Crippen molar-refractivity contribution in [2.24, 2.45) is 0 Å². The van der Waals surface area contributed by atoms with Crippen LogP contribution in [-0.2, 0) is 4.57 Å². The number of rotatable bonds is 3. The van der Waals surface area contributed by atoms with E-state index in [-0.39, 0.29) is 0 Å².